The van der Waals surface area contributed by atoms with Gasteiger partial charge in [-0.2, -0.15) is 0 Å². The van der Waals surface area contributed by atoms with Crippen LogP contribution in [-0.2, 0) is 25.5 Å². The van der Waals surface area contributed by atoms with E-state index in [0.717, 1.165) is 52.9 Å². The van der Waals surface area contributed by atoms with Crippen LogP contribution in [0.5, 0.6) is 0 Å². The number of benzene rings is 2. The van der Waals surface area contributed by atoms with E-state index in [4.69, 9.17) is 9.47 Å². The van der Waals surface area contributed by atoms with E-state index in [1.165, 1.54) is 14.2 Å². The van der Waals surface area contributed by atoms with Crippen molar-refractivity contribution in [1.29, 1.82) is 0 Å². The summed E-state index contributed by atoms with van der Waals surface area (Å²) in [4.78, 5) is 74.8. The predicted octanol–water partition coefficient (Wildman–Crippen LogP) is 5.49. The Morgan fingerprint density at radius 1 is 0.759 bits per heavy atom. The van der Waals surface area contributed by atoms with Crippen LogP contribution in [0, 0.1) is 0 Å². The van der Waals surface area contributed by atoms with Crippen LogP contribution in [-0.4, -0.2) is 109 Å². The molecule has 5 heterocycles. The minimum absolute atomic E-state index is 0.149. The Bertz CT molecular complexity index is 2210. The highest BCUT2D eigenvalue weighted by molar-refractivity contribution is 5.87. The summed E-state index contributed by atoms with van der Waals surface area (Å²) in [5.41, 5.74) is 6.19. The molecule has 2 saturated heterocycles. The number of carboxylic acid groups (broad SMARTS) is 1. The summed E-state index contributed by atoms with van der Waals surface area (Å²) in [5, 5.41) is 14.5. The van der Waals surface area contributed by atoms with Crippen molar-refractivity contribution in [3.05, 3.63) is 103 Å². The molecular formula is C42H47N9O7. The van der Waals surface area contributed by atoms with Crippen molar-refractivity contribution >= 4 is 24.0 Å². The maximum absolute atomic E-state index is 13.7. The van der Waals surface area contributed by atoms with E-state index in [0.29, 0.717) is 36.9 Å². The number of aromatic nitrogens is 5. The van der Waals surface area contributed by atoms with E-state index in [1.54, 1.807) is 47.4 Å². The molecule has 0 spiro atoms. The van der Waals surface area contributed by atoms with E-state index in [9.17, 15) is 24.3 Å². The SMILES string of the molecule is COC(=O)N[C@H](C(=O)N1CCC[C@H]1c1ncc(-c2ccc(-c3ccc(-c4cnc([C@@H]5CCCN5C(=O)[C@H](Cc5ccccn5)NC(=O)O)[nH]4)cc3)cc2)[nH]1)[C@@H](C)OC. The zero-order valence-electron chi connectivity index (χ0n) is 32.6. The van der Waals surface area contributed by atoms with Crippen LogP contribution in [0.15, 0.2) is 85.3 Å². The Morgan fingerprint density at radius 3 is 1.78 bits per heavy atom. The van der Waals surface area contributed by atoms with Crippen LogP contribution in [0.3, 0.4) is 0 Å². The van der Waals surface area contributed by atoms with Crippen LogP contribution in [0.2, 0.25) is 0 Å². The van der Waals surface area contributed by atoms with Crippen molar-refractivity contribution < 1.29 is 33.8 Å². The number of aromatic amines is 2. The number of nitrogens with zero attached hydrogens (tertiary/aromatic N) is 5. The number of rotatable bonds is 13. The first-order valence-electron chi connectivity index (χ1n) is 19.3. The lowest BCUT2D eigenvalue weighted by molar-refractivity contribution is -0.137. The van der Waals surface area contributed by atoms with E-state index in [1.807, 2.05) is 54.6 Å². The molecular weight excluding hydrogens is 743 g/mol. The van der Waals surface area contributed by atoms with Gasteiger partial charge in [0.05, 0.1) is 49.1 Å². The normalized spacial score (nSPS) is 18.1. The van der Waals surface area contributed by atoms with Crippen LogP contribution in [0.25, 0.3) is 33.6 Å². The molecule has 0 aliphatic carbocycles. The molecule has 0 radical (unpaired) electrons. The highest BCUT2D eigenvalue weighted by atomic mass is 16.5. The van der Waals surface area contributed by atoms with Gasteiger partial charge in [0.15, 0.2) is 0 Å². The minimum Gasteiger partial charge on any atom is -0.465 e. The maximum atomic E-state index is 13.7. The van der Waals surface area contributed by atoms with Crippen LogP contribution < -0.4 is 10.6 Å². The molecule has 5 N–H and O–H groups in total. The zero-order valence-corrected chi connectivity index (χ0v) is 32.6. The van der Waals surface area contributed by atoms with Crippen molar-refractivity contribution in [2.24, 2.45) is 0 Å². The number of pyridine rings is 1. The highest BCUT2D eigenvalue weighted by Crippen LogP contribution is 2.35. The first kappa shape index (κ1) is 39.7. The highest BCUT2D eigenvalue weighted by Gasteiger charge is 2.39. The number of hydrogen-bond acceptors (Lipinski definition) is 9. The number of imidazole rings is 2. The molecule has 3 aromatic heterocycles. The Morgan fingerprint density at radius 2 is 1.29 bits per heavy atom. The fourth-order valence-electron chi connectivity index (χ4n) is 7.78. The molecule has 5 aromatic rings. The average Bonchev–Trinajstić information content (AvgIpc) is 4.09. The Labute approximate surface area is 335 Å². The van der Waals surface area contributed by atoms with E-state index >= 15 is 0 Å². The topological polar surface area (TPSA) is 208 Å². The van der Waals surface area contributed by atoms with Gasteiger partial charge in [0.1, 0.15) is 23.7 Å². The van der Waals surface area contributed by atoms with Gasteiger partial charge in [-0.1, -0.05) is 54.6 Å². The molecule has 2 aliphatic heterocycles. The van der Waals surface area contributed by atoms with Crippen molar-refractivity contribution in [3.63, 3.8) is 0 Å². The Kier molecular flexibility index (Phi) is 12.1. The second-order valence-electron chi connectivity index (χ2n) is 14.5. The molecule has 4 amide bonds. The third-order valence-corrected chi connectivity index (χ3v) is 10.9. The van der Waals surface area contributed by atoms with Crippen molar-refractivity contribution in [3.8, 4) is 33.6 Å². The van der Waals surface area contributed by atoms with Gasteiger partial charge in [-0.3, -0.25) is 14.6 Å². The van der Waals surface area contributed by atoms with Gasteiger partial charge in [0.2, 0.25) is 11.8 Å². The largest absolute Gasteiger partial charge is 0.465 e. The van der Waals surface area contributed by atoms with E-state index < -0.39 is 30.4 Å². The molecule has 5 atom stereocenters. The second kappa shape index (κ2) is 17.7. The summed E-state index contributed by atoms with van der Waals surface area (Å²) in [7, 11) is 2.75. The third kappa shape index (κ3) is 8.71. The lowest BCUT2D eigenvalue weighted by atomic mass is 10.0. The molecule has 2 aliphatic rings. The molecule has 7 rings (SSSR count). The van der Waals surface area contributed by atoms with Gasteiger partial charge in [-0.25, -0.2) is 19.6 Å². The number of amides is 4. The summed E-state index contributed by atoms with van der Waals surface area (Å²) >= 11 is 0. The fraction of sp³-hybridized carbons (Fsp3) is 0.357. The molecule has 58 heavy (non-hydrogen) atoms. The summed E-state index contributed by atoms with van der Waals surface area (Å²) in [5.74, 6) is 0.773. The Balaban J connectivity index is 0.999. The number of likely N-dealkylation sites (tertiary alicyclic amines) is 2. The average molecular weight is 790 g/mol. The van der Waals surface area contributed by atoms with Gasteiger partial charge in [0, 0.05) is 38.5 Å². The number of nitrogens with one attached hydrogen (secondary N) is 4. The number of carbonyl (C=O) groups excluding carboxylic acids is 3. The van der Waals surface area contributed by atoms with Gasteiger partial charge in [-0.05, 0) is 67.0 Å². The molecule has 16 heteroatoms. The van der Waals surface area contributed by atoms with Crippen molar-refractivity contribution in [2.45, 2.75) is 69.3 Å². The number of alkyl carbamates (subject to hydrolysis) is 1. The summed E-state index contributed by atoms with van der Waals surface area (Å²) in [6, 6.07) is 19.2. The van der Waals surface area contributed by atoms with Gasteiger partial charge in [-0.15, -0.1) is 0 Å². The minimum atomic E-state index is -1.26. The smallest absolute Gasteiger partial charge is 0.407 e. The van der Waals surface area contributed by atoms with Crippen LogP contribution in [0.1, 0.15) is 62.0 Å². The summed E-state index contributed by atoms with van der Waals surface area (Å²) in [6.07, 6.45) is 5.80. The van der Waals surface area contributed by atoms with Crippen molar-refractivity contribution in [2.75, 3.05) is 27.3 Å². The summed E-state index contributed by atoms with van der Waals surface area (Å²) in [6.45, 7) is 2.76. The van der Waals surface area contributed by atoms with Crippen LogP contribution in [0.4, 0.5) is 9.59 Å². The number of hydrogen-bond donors (Lipinski definition) is 5. The molecule has 0 unspecified atom stereocenters. The number of ether oxygens (including phenoxy) is 2. The monoisotopic (exact) mass is 789 g/mol. The first-order valence-corrected chi connectivity index (χ1v) is 19.3. The van der Waals surface area contributed by atoms with E-state index in [-0.39, 0.29) is 30.3 Å². The zero-order chi connectivity index (χ0) is 40.8. The van der Waals surface area contributed by atoms with Crippen molar-refractivity contribution in [1.82, 2.24) is 45.4 Å². The second-order valence-corrected chi connectivity index (χ2v) is 14.5. The standard InChI is InChI=1S/C42H47N9O7/c1-25(57-2)36(49-42(56)58-3)40(53)51-21-7-10-35(51)38-45-24-33(47-38)29-17-13-27(14-18-29)26-11-15-28(16-12-26)32-23-44-37(46-32)34-9-6-20-50(34)39(52)31(48-41(54)55)22-30-8-4-5-19-43-30/h4-5,8,11-19,23-25,31,34-36,48H,6-7,9-10,20-22H2,1-3H3,(H,44,46)(H,45,47)(H,49,56)(H,54,55)/t25-,31+,34+,35+,36+/m1/s1. The van der Waals surface area contributed by atoms with E-state index in [2.05, 4.69) is 35.6 Å². The quantitative estimate of drug-likeness (QED) is 0.101. The molecule has 302 valence electrons. The molecule has 0 saturated carbocycles. The maximum Gasteiger partial charge on any atom is 0.407 e. The molecule has 16 nitrogen and oxygen atoms in total. The summed E-state index contributed by atoms with van der Waals surface area (Å²) < 4.78 is 10.1. The number of methoxy groups -OCH3 is 2. The number of H-pyrrole nitrogens is 2. The lowest BCUT2D eigenvalue weighted by Crippen LogP contribution is -2.54. The first-order chi connectivity index (χ1) is 28.1. The van der Waals surface area contributed by atoms with Gasteiger partial charge >= 0.3 is 12.2 Å². The lowest BCUT2D eigenvalue weighted by Gasteiger charge is -2.30. The van der Waals surface area contributed by atoms with Gasteiger partial charge in [0.25, 0.3) is 0 Å². The van der Waals surface area contributed by atoms with Crippen LogP contribution >= 0.6 is 0 Å². The molecule has 0 bridgehead atoms. The predicted molar refractivity (Wildman–Crippen MR) is 213 cm³/mol. The third-order valence-electron chi connectivity index (χ3n) is 10.9. The molecule has 2 fully saturated rings. The van der Waals surface area contributed by atoms with Gasteiger partial charge < -0.3 is 45.0 Å². The molecule has 2 aromatic carbocycles. The fourth-order valence-corrected chi connectivity index (χ4v) is 7.78. The number of carbonyl (C=O) groups is 4. The Hall–Kier alpha value is -6.55.